The van der Waals surface area contributed by atoms with E-state index in [1.54, 1.807) is 0 Å². The molecule has 1 saturated heterocycles. The minimum atomic E-state index is 0.450. The first-order chi connectivity index (χ1) is 4.84. The Morgan fingerprint density at radius 3 is 3.20 bits per heavy atom. The van der Waals surface area contributed by atoms with E-state index in [0.717, 1.165) is 26.1 Å². The van der Waals surface area contributed by atoms with Gasteiger partial charge in [-0.25, -0.2) is 5.01 Å². The lowest BCUT2D eigenvalue weighted by atomic mass is 10.1. The molecule has 0 saturated carbocycles. The first-order valence-corrected chi connectivity index (χ1v) is 3.67. The van der Waals surface area contributed by atoms with Gasteiger partial charge in [-0.15, -0.1) is 6.58 Å². The van der Waals surface area contributed by atoms with Crippen LogP contribution in [0.1, 0.15) is 6.42 Å². The highest BCUT2D eigenvalue weighted by Gasteiger charge is 2.16. The second-order valence-corrected chi connectivity index (χ2v) is 2.62. The molecule has 3 N–H and O–H groups in total. The third-order valence-corrected chi connectivity index (χ3v) is 1.83. The van der Waals surface area contributed by atoms with E-state index < -0.39 is 0 Å². The van der Waals surface area contributed by atoms with Crippen molar-refractivity contribution in [1.82, 2.24) is 10.3 Å². The van der Waals surface area contributed by atoms with Crippen molar-refractivity contribution in [2.24, 2.45) is 5.84 Å². The van der Waals surface area contributed by atoms with E-state index in [9.17, 15) is 0 Å². The summed E-state index contributed by atoms with van der Waals surface area (Å²) in [6, 6.07) is 0.450. The molecule has 0 aromatic heterocycles. The van der Waals surface area contributed by atoms with E-state index in [-0.39, 0.29) is 0 Å². The van der Waals surface area contributed by atoms with Crippen LogP contribution in [-0.2, 0) is 0 Å². The van der Waals surface area contributed by atoms with Crippen molar-refractivity contribution >= 4 is 0 Å². The molecule has 1 fully saturated rings. The summed E-state index contributed by atoms with van der Waals surface area (Å²) in [5.74, 6) is 5.71. The smallest absolute Gasteiger partial charge is 0.0400 e. The van der Waals surface area contributed by atoms with Crippen LogP contribution < -0.4 is 11.2 Å². The molecule has 0 aromatic rings. The number of rotatable bonds is 2. The maximum atomic E-state index is 5.71. The fraction of sp³-hybridized carbons (Fsp3) is 0.714. The van der Waals surface area contributed by atoms with Gasteiger partial charge in [0.15, 0.2) is 0 Å². The molecule has 1 unspecified atom stereocenters. The summed E-state index contributed by atoms with van der Waals surface area (Å²) in [5, 5.41) is 5.17. The van der Waals surface area contributed by atoms with Gasteiger partial charge in [0.1, 0.15) is 0 Å². The third kappa shape index (κ3) is 1.80. The second kappa shape index (κ2) is 3.71. The van der Waals surface area contributed by atoms with Gasteiger partial charge >= 0.3 is 0 Å². The molecule has 1 aliphatic heterocycles. The van der Waals surface area contributed by atoms with Crippen molar-refractivity contribution in [2.75, 3.05) is 19.6 Å². The van der Waals surface area contributed by atoms with Crippen molar-refractivity contribution in [1.29, 1.82) is 0 Å². The molecule has 1 atom stereocenters. The lowest BCUT2D eigenvalue weighted by Gasteiger charge is -2.31. The van der Waals surface area contributed by atoms with Crippen molar-refractivity contribution < 1.29 is 0 Å². The molecular formula is C7H15N3. The number of nitrogens with one attached hydrogen (secondary N) is 1. The molecule has 1 rings (SSSR count). The molecule has 1 heterocycles. The number of hydrogen-bond acceptors (Lipinski definition) is 3. The molecule has 1 aliphatic rings. The highest BCUT2D eigenvalue weighted by Crippen LogP contribution is 2.01. The lowest BCUT2D eigenvalue weighted by Crippen LogP contribution is -2.54. The Kier molecular flexibility index (Phi) is 2.86. The summed E-state index contributed by atoms with van der Waals surface area (Å²) in [6.45, 7) is 6.61. The van der Waals surface area contributed by atoms with Gasteiger partial charge in [0.2, 0.25) is 0 Å². The number of hydrazine groups is 1. The Labute approximate surface area is 61.9 Å². The molecule has 10 heavy (non-hydrogen) atoms. The topological polar surface area (TPSA) is 41.3 Å². The Morgan fingerprint density at radius 1 is 1.80 bits per heavy atom. The maximum Gasteiger partial charge on any atom is 0.0400 e. The van der Waals surface area contributed by atoms with Gasteiger partial charge in [0.05, 0.1) is 0 Å². The molecule has 3 nitrogen and oxygen atoms in total. The Hall–Kier alpha value is -0.380. The monoisotopic (exact) mass is 141 g/mol. The molecule has 0 amide bonds. The SMILES string of the molecule is C=CCC1CNCCN1N. The van der Waals surface area contributed by atoms with E-state index in [1.165, 1.54) is 0 Å². The van der Waals surface area contributed by atoms with Crippen LogP contribution in [0.2, 0.25) is 0 Å². The van der Waals surface area contributed by atoms with Crippen LogP contribution in [0, 0.1) is 0 Å². The van der Waals surface area contributed by atoms with E-state index >= 15 is 0 Å². The fourth-order valence-electron chi connectivity index (χ4n) is 1.19. The van der Waals surface area contributed by atoms with Crippen LogP contribution in [0.15, 0.2) is 12.7 Å². The van der Waals surface area contributed by atoms with E-state index in [2.05, 4.69) is 11.9 Å². The van der Waals surface area contributed by atoms with Crippen LogP contribution in [0.5, 0.6) is 0 Å². The molecule has 0 spiro atoms. The first kappa shape index (κ1) is 7.72. The molecule has 0 aromatic carbocycles. The van der Waals surface area contributed by atoms with E-state index in [4.69, 9.17) is 5.84 Å². The average molecular weight is 141 g/mol. The predicted molar refractivity (Wildman–Crippen MR) is 42.4 cm³/mol. The standard InChI is InChI=1S/C7H15N3/c1-2-3-7-6-9-4-5-10(7)8/h2,7,9H,1,3-6,8H2. The van der Waals surface area contributed by atoms with Crippen molar-refractivity contribution in [3.8, 4) is 0 Å². The molecule has 0 aliphatic carbocycles. The number of nitrogens with zero attached hydrogens (tertiary/aromatic N) is 1. The van der Waals surface area contributed by atoms with E-state index in [1.807, 2.05) is 11.1 Å². The Bertz CT molecular complexity index is 113. The maximum absolute atomic E-state index is 5.71. The van der Waals surface area contributed by atoms with Crippen molar-refractivity contribution in [2.45, 2.75) is 12.5 Å². The van der Waals surface area contributed by atoms with Gasteiger partial charge < -0.3 is 5.32 Å². The van der Waals surface area contributed by atoms with Crippen LogP contribution in [-0.4, -0.2) is 30.7 Å². The van der Waals surface area contributed by atoms with E-state index in [0.29, 0.717) is 6.04 Å². The van der Waals surface area contributed by atoms with Gasteiger partial charge in [-0.05, 0) is 6.42 Å². The molecule has 3 heteroatoms. The first-order valence-electron chi connectivity index (χ1n) is 3.67. The summed E-state index contributed by atoms with van der Waals surface area (Å²) in [5.41, 5.74) is 0. The average Bonchev–Trinajstić information content (AvgIpc) is 1.94. The second-order valence-electron chi connectivity index (χ2n) is 2.62. The number of piperazine rings is 1. The molecule has 58 valence electrons. The van der Waals surface area contributed by atoms with Gasteiger partial charge in [-0.3, -0.25) is 5.84 Å². The third-order valence-electron chi connectivity index (χ3n) is 1.83. The van der Waals surface area contributed by atoms with Crippen LogP contribution in [0.25, 0.3) is 0 Å². The predicted octanol–water partition coefficient (Wildman–Crippen LogP) is -0.290. The van der Waals surface area contributed by atoms with Gasteiger partial charge in [-0.2, -0.15) is 0 Å². The van der Waals surface area contributed by atoms with Crippen LogP contribution in [0.4, 0.5) is 0 Å². The van der Waals surface area contributed by atoms with Crippen molar-refractivity contribution in [3.05, 3.63) is 12.7 Å². The van der Waals surface area contributed by atoms with Crippen LogP contribution >= 0.6 is 0 Å². The zero-order valence-corrected chi connectivity index (χ0v) is 6.21. The summed E-state index contributed by atoms with van der Waals surface area (Å²) in [7, 11) is 0. The van der Waals surface area contributed by atoms with Crippen LogP contribution in [0.3, 0.4) is 0 Å². The normalized spacial score (nSPS) is 28.3. The van der Waals surface area contributed by atoms with Gasteiger partial charge in [0.25, 0.3) is 0 Å². The Balaban J connectivity index is 2.32. The van der Waals surface area contributed by atoms with Crippen molar-refractivity contribution in [3.63, 3.8) is 0 Å². The summed E-state index contributed by atoms with van der Waals surface area (Å²) in [6.07, 6.45) is 2.89. The zero-order valence-electron chi connectivity index (χ0n) is 6.21. The minimum Gasteiger partial charge on any atom is -0.314 e. The van der Waals surface area contributed by atoms with Gasteiger partial charge in [0, 0.05) is 25.7 Å². The largest absolute Gasteiger partial charge is 0.314 e. The highest BCUT2D eigenvalue weighted by atomic mass is 15.4. The molecule has 0 bridgehead atoms. The zero-order chi connectivity index (χ0) is 7.40. The fourth-order valence-corrected chi connectivity index (χ4v) is 1.19. The highest BCUT2D eigenvalue weighted by molar-refractivity contribution is 4.82. The van der Waals surface area contributed by atoms with Gasteiger partial charge in [-0.1, -0.05) is 6.08 Å². The Morgan fingerprint density at radius 2 is 2.60 bits per heavy atom. The number of hydrogen-bond donors (Lipinski definition) is 2. The quantitative estimate of drug-likeness (QED) is 0.410. The molecular weight excluding hydrogens is 126 g/mol. The lowest BCUT2D eigenvalue weighted by molar-refractivity contribution is 0.165. The molecule has 0 radical (unpaired) electrons. The summed E-state index contributed by atoms with van der Waals surface area (Å²) < 4.78 is 0. The summed E-state index contributed by atoms with van der Waals surface area (Å²) >= 11 is 0. The minimum absolute atomic E-state index is 0.450. The number of nitrogens with two attached hydrogens (primary N) is 1. The summed E-state index contributed by atoms with van der Waals surface area (Å²) in [4.78, 5) is 0.